The molecular formula is C16H11Cl2NO2. The Morgan fingerprint density at radius 2 is 2.00 bits per heavy atom. The molecule has 0 saturated heterocycles. The highest BCUT2D eigenvalue weighted by atomic mass is 35.5. The minimum absolute atomic E-state index is 0.121. The number of rotatable bonds is 3. The maximum atomic E-state index is 12.7. The summed E-state index contributed by atoms with van der Waals surface area (Å²) in [6, 6.07) is 10.4. The van der Waals surface area contributed by atoms with Gasteiger partial charge in [-0.15, -0.1) is 0 Å². The van der Waals surface area contributed by atoms with Crippen LogP contribution in [0.4, 0.5) is 0 Å². The molecule has 0 spiro atoms. The molecule has 0 aliphatic heterocycles. The van der Waals surface area contributed by atoms with E-state index in [4.69, 9.17) is 27.9 Å². The lowest BCUT2D eigenvalue weighted by Gasteiger charge is -2.04. The second kappa shape index (κ2) is 5.43. The minimum atomic E-state index is -0.121. The van der Waals surface area contributed by atoms with E-state index in [1.54, 1.807) is 49.7 Å². The molecule has 0 aliphatic carbocycles. The van der Waals surface area contributed by atoms with Crippen molar-refractivity contribution in [2.24, 2.45) is 0 Å². The summed E-state index contributed by atoms with van der Waals surface area (Å²) >= 11 is 12.2. The summed E-state index contributed by atoms with van der Waals surface area (Å²) in [4.78, 5) is 15.7. The molecular weight excluding hydrogens is 309 g/mol. The summed E-state index contributed by atoms with van der Waals surface area (Å²) in [5.41, 5.74) is 1.79. The Labute approximate surface area is 131 Å². The molecule has 0 aliphatic rings. The molecule has 1 N–H and O–H groups in total. The maximum Gasteiger partial charge on any atom is 0.195 e. The molecule has 0 saturated carbocycles. The Kier molecular flexibility index (Phi) is 3.62. The number of ether oxygens (including phenoxy) is 1. The summed E-state index contributed by atoms with van der Waals surface area (Å²) in [5.74, 6) is 0.513. The number of methoxy groups -OCH3 is 1. The number of halogens is 2. The minimum Gasteiger partial charge on any atom is -0.497 e. The van der Waals surface area contributed by atoms with Crippen molar-refractivity contribution in [1.82, 2.24) is 4.98 Å². The highest BCUT2D eigenvalue weighted by Gasteiger charge is 2.17. The predicted molar refractivity (Wildman–Crippen MR) is 84.7 cm³/mol. The van der Waals surface area contributed by atoms with Crippen LogP contribution in [0.15, 0.2) is 42.6 Å². The average molecular weight is 320 g/mol. The van der Waals surface area contributed by atoms with E-state index in [1.807, 2.05) is 0 Å². The van der Waals surface area contributed by atoms with Gasteiger partial charge in [-0.05, 0) is 24.3 Å². The quantitative estimate of drug-likeness (QED) is 0.710. The fraction of sp³-hybridized carbons (Fsp3) is 0.0625. The van der Waals surface area contributed by atoms with E-state index < -0.39 is 0 Å². The van der Waals surface area contributed by atoms with Gasteiger partial charge < -0.3 is 9.72 Å². The lowest BCUT2D eigenvalue weighted by molar-refractivity contribution is 0.104. The zero-order valence-corrected chi connectivity index (χ0v) is 12.6. The first kappa shape index (κ1) is 14.0. The van der Waals surface area contributed by atoms with Crippen molar-refractivity contribution in [3.05, 3.63) is 63.8 Å². The van der Waals surface area contributed by atoms with E-state index in [0.29, 0.717) is 32.3 Å². The van der Waals surface area contributed by atoms with Crippen LogP contribution in [0.1, 0.15) is 15.9 Å². The van der Waals surface area contributed by atoms with Crippen molar-refractivity contribution in [3.8, 4) is 5.75 Å². The zero-order valence-electron chi connectivity index (χ0n) is 11.1. The lowest BCUT2D eigenvalue weighted by atomic mass is 10.0. The Hall–Kier alpha value is -1.97. The SMILES string of the molecule is COc1cccc(C(=O)c2c[nH]c3cc(Cl)cc(Cl)c23)c1. The summed E-state index contributed by atoms with van der Waals surface area (Å²) in [6.45, 7) is 0. The first-order chi connectivity index (χ1) is 10.1. The van der Waals surface area contributed by atoms with Gasteiger partial charge in [-0.3, -0.25) is 4.79 Å². The van der Waals surface area contributed by atoms with Crippen molar-refractivity contribution in [2.45, 2.75) is 0 Å². The van der Waals surface area contributed by atoms with Gasteiger partial charge in [-0.1, -0.05) is 35.3 Å². The van der Waals surface area contributed by atoms with Crippen LogP contribution in [0.5, 0.6) is 5.75 Å². The van der Waals surface area contributed by atoms with Crippen LogP contribution in [0.25, 0.3) is 10.9 Å². The third-order valence-corrected chi connectivity index (χ3v) is 3.79. The molecule has 3 rings (SSSR count). The summed E-state index contributed by atoms with van der Waals surface area (Å²) < 4.78 is 5.15. The number of hydrogen-bond donors (Lipinski definition) is 1. The molecule has 1 aromatic heterocycles. The van der Waals surface area contributed by atoms with Gasteiger partial charge in [0, 0.05) is 33.2 Å². The number of carbonyl (C=O) groups excluding carboxylic acids is 1. The Morgan fingerprint density at radius 3 is 2.76 bits per heavy atom. The van der Waals surface area contributed by atoms with Crippen molar-refractivity contribution < 1.29 is 9.53 Å². The Bertz CT molecular complexity index is 839. The summed E-state index contributed by atoms with van der Waals surface area (Å²) in [6.07, 6.45) is 1.65. The maximum absolute atomic E-state index is 12.7. The molecule has 5 heteroatoms. The monoisotopic (exact) mass is 319 g/mol. The normalized spacial score (nSPS) is 10.8. The van der Waals surface area contributed by atoms with Gasteiger partial charge in [0.1, 0.15) is 5.75 Å². The molecule has 21 heavy (non-hydrogen) atoms. The predicted octanol–water partition coefficient (Wildman–Crippen LogP) is 4.71. The molecule has 0 fully saturated rings. The van der Waals surface area contributed by atoms with Gasteiger partial charge >= 0.3 is 0 Å². The Balaban J connectivity index is 2.13. The van der Waals surface area contributed by atoms with Gasteiger partial charge in [0.05, 0.1) is 12.1 Å². The molecule has 0 atom stereocenters. The Morgan fingerprint density at radius 1 is 1.19 bits per heavy atom. The smallest absolute Gasteiger partial charge is 0.195 e. The highest BCUT2D eigenvalue weighted by molar-refractivity contribution is 6.40. The van der Waals surface area contributed by atoms with Gasteiger partial charge in [-0.2, -0.15) is 0 Å². The van der Waals surface area contributed by atoms with Crippen LogP contribution >= 0.6 is 23.2 Å². The second-order valence-corrected chi connectivity index (χ2v) is 5.42. The van der Waals surface area contributed by atoms with E-state index >= 15 is 0 Å². The highest BCUT2D eigenvalue weighted by Crippen LogP contribution is 2.31. The van der Waals surface area contributed by atoms with E-state index in [2.05, 4.69) is 4.98 Å². The van der Waals surface area contributed by atoms with Gasteiger partial charge in [-0.25, -0.2) is 0 Å². The molecule has 106 valence electrons. The topological polar surface area (TPSA) is 42.1 Å². The average Bonchev–Trinajstić information content (AvgIpc) is 2.90. The van der Waals surface area contributed by atoms with Crippen LogP contribution in [-0.2, 0) is 0 Å². The third kappa shape index (κ3) is 2.50. The van der Waals surface area contributed by atoms with Crippen LogP contribution in [0.2, 0.25) is 10.0 Å². The van der Waals surface area contributed by atoms with E-state index in [9.17, 15) is 4.79 Å². The molecule has 0 radical (unpaired) electrons. The number of hydrogen-bond acceptors (Lipinski definition) is 2. The van der Waals surface area contributed by atoms with E-state index in [1.165, 1.54) is 0 Å². The molecule has 1 heterocycles. The number of H-pyrrole nitrogens is 1. The summed E-state index contributed by atoms with van der Waals surface area (Å²) in [5, 5.41) is 1.65. The van der Waals surface area contributed by atoms with Crippen molar-refractivity contribution in [1.29, 1.82) is 0 Å². The fourth-order valence-electron chi connectivity index (χ4n) is 2.28. The van der Waals surface area contributed by atoms with Gasteiger partial charge in [0.2, 0.25) is 0 Å². The standard InChI is InChI=1S/C16H11Cl2NO2/c1-21-11-4-2-3-9(5-11)16(20)12-8-19-14-7-10(17)6-13(18)15(12)14/h2-8,19H,1H3. The van der Waals surface area contributed by atoms with Gasteiger partial charge in [0.25, 0.3) is 0 Å². The second-order valence-electron chi connectivity index (χ2n) is 4.57. The zero-order chi connectivity index (χ0) is 15.0. The summed E-state index contributed by atoms with van der Waals surface area (Å²) in [7, 11) is 1.56. The molecule has 0 amide bonds. The number of ketones is 1. The van der Waals surface area contributed by atoms with E-state index in [-0.39, 0.29) is 5.78 Å². The molecule has 3 aromatic rings. The van der Waals surface area contributed by atoms with E-state index in [0.717, 1.165) is 5.52 Å². The van der Waals surface area contributed by atoms with Crippen molar-refractivity contribution in [2.75, 3.05) is 7.11 Å². The molecule has 2 aromatic carbocycles. The third-order valence-electron chi connectivity index (χ3n) is 3.27. The first-order valence-corrected chi connectivity index (χ1v) is 7.00. The van der Waals surface area contributed by atoms with Crippen LogP contribution in [0.3, 0.4) is 0 Å². The fourth-order valence-corrected chi connectivity index (χ4v) is 2.88. The number of benzene rings is 2. The van der Waals surface area contributed by atoms with Crippen LogP contribution in [0, 0.1) is 0 Å². The largest absolute Gasteiger partial charge is 0.497 e. The molecule has 0 unspecified atom stereocenters. The number of carbonyl (C=O) groups is 1. The molecule has 3 nitrogen and oxygen atoms in total. The number of fused-ring (bicyclic) bond motifs is 1. The van der Waals surface area contributed by atoms with Gasteiger partial charge in [0.15, 0.2) is 5.78 Å². The molecule has 0 bridgehead atoms. The number of aromatic amines is 1. The first-order valence-electron chi connectivity index (χ1n) is 6.25. The van der Waals surface area contributed by atoms with Crippen LogP contribution < -0.4 is 4.74 Å². The van der Waals surface area contributed by atoms with Crippen molar-refractivity contribution in [3.63, 3.8) is 0 Å². The van der Waals surface area contributed by atoms with Crippen LogP contribution in [-0.4, -0.2) is 17.9 Å². The number of nitrogens with one attached hydrogen (secondary N) is 1. The lowest BCUT2D eigenvalue weighted by Crippen LogP contribution is -2.00. The number of aromatic nitrogens is 1. The van der Waals surface area contributed by atoms with Crippen molar-refractivity contribution >= 4 is 39.9 Å².